The van der Waals surface area contributed by atoms with Gasteiger partial charge < -0.3 is 24.6 Å². The Balaban J connectivity index is 1.47. The molecule has 1 spiro atoms. The summed E-state index contributed by atoms with van der Waals surface area (Å²) in [6, 6.07) is 3.54. The van der Waals surface area contributed by atoms with Crippen LogP contribution in [-0.2, 0) is 9.47 Å². The number of piperidine rings is 1. The van der Waals surface area contributed by atoms with Crippen molar-refractivity contribution in [3.05, 3.63) is 17.8 Å². The highest BCUT2D eigenvalue weighted by atomic mass is 16.7. The first kappa shape index (κ1) is 18.0. The van der Waals surface area contributed by atoms with Gasteiger partial charge >= 0.3 is 0 Å². The third-order valence-corrected chi connectivity index (χ3v) is 4.60. The summed E-state index contributed by atoms with van der Waals surface area (Å²) >= 11 is 0. The van der Waals surface area contributed by atoms with Crippen molar-refractivity contribution in [2.24, 2.45) is 0 Å². The Hall–Kier alpha value is -1.77. The lowest BCUT2D eigenvalue weighted by molar-refractivity contribution is -0.181. The van der Waals surface area contributed by atoms with Gasteiger partial charge in [-0.25, -0.2) is 0 Å². The van der Waals surface area contributed by atoms with Crippen LogP contribution in [0.3, 0.4) is 0 Å². The van der Waals surface area contributed by atoms with Crippen LogP contribution in [0.25, 0.3) is 0 Å². The van der Waals surface area contributed by atoms with Gasteiger partial charge in [-0.2, -0.15) is 0 Å². The molecule has 3 rings (SSSR count). The van der Waals surface area contributed by atoms with Crippen LogP contribution in [0, 0.1) is 0 Å². The van der Waals surface area contributed by atoms with E-state index in [4.69, 9.17) is 9.47 Å². The molecular formula is C17H27N5O3. The average Bonchev–Trinajstić information content (AvgIpc) is 3.07. The van der Waals surface area contributed by atoms with Crippen molar-refractivity contribution in [1.82, 2.24) is 20.0 Å². The van der Waals surface area contributed by atoms with Crippen LogP contribution in [0.15, 0.2) is 12.1 Å². The fraction of sp³-hybridized carbons (Fsp3) is 0.706. The van der Waals surface area contributed by atoms with E-state index >= 15 is 0 Å². The standard InChI is InChI=1S/C17H27N5O3/c1-21(2)9-3-8-18-15-5-4-14(19-20-15)16(23)22-10-6-17(7-11-22)24-12-13-25-17/h4-5H,3,6-13H2,1-2H3,(H,18,20). The second kappa shape index (κ2) is 8.07. The molecule has 0 atom stereocenters. The number of ether oxygens (including phenoxy) is 2. The SMILES string of the molecule is CN(C)CCCNc1ccc(C(=O)N2CCC3(CC2)OCCO3)nn1. The molecule has 2 aliphatic rings. The Morgan fingerprint density at radius 1 is 1.24 bits per heavy atom. The van der Waals surface area contributed by atoms with Gasteiger partial charge in [-0.3, -0.25) is 4.79 Å². The van der Waals surface area contributed by atoms with Crippen LogP contribution in [0.5, 0.6) is 0 Å². The number of rotatable bonds is 6. The Morgan fingerprint density at radius 3 is 2.56 bits per heavy atom. The largest absolute Gasteiger partial charge is 0.369 e. The Labute approximate surface area is 148 Å². The first-order valence-electron chi connectivity index (χ1n) is 8.87. The topological polar surface area (TPSA) is 79.8 Å². The molecular weight excluding hydrogens is 322 g/mol. The van der Waals surface area contributed by atoms with Crippen LogP contribution in [-0.4, -0.2) is 85.2 Å². The number of hydrogen-bond acceptors (Lipinski definition) is 7. The maximum absolute atomic E-state index is 12.6. The molecule has 0 aromatic carbocycles. The minimum Gasteiger partial charge on any atom is -0.369 e. The molecule has 0 saturated carbocycles. The summed E-state index contributed by atoms with van der Waals surface area (Å²) in [7, 11) is 4.10. The maximum atomic E-state index is 12.6. The second-order valence-corrected chi connectivity index (χ2v) is 6.79. The quantitative estimate of drug-likeness (QED) is 0.762. The monoisotopic (exact) mass is 349 g/mol. The molecule has 0 aliphatic carbocycles. The molecule has 25 heavy (non-hydrogen) atoms. The van der Waals surface area contributed by atoms with E-state index in [-0.39, 0.29) is 5.91 Å². The van der Waals surface area contributed by atoms with Gasteiger partial charge in [0.05, 0.1) is 13.2 Å². The molecule has 0 unspecified atom stereocenters. The molecule has 0 radical (unpaired) electrons. The molecule has 2 saturated heterocycles. The van der Waals surface area contributed by atoms with Gasteiger partial charge in [-0.15, -0.1) is 10.2 Å². The van der Waals surface area contributed by atoms with Gasteiger partial charge in [0.1, 0.15) is 5.82 Å². The van der Waals surface area contributed by atoms with Crippen LogP contribution in [0.2, 0.25) is 0 Å². The molecule has 2 fully saturated rings. The fourth-order valence-corrected chi connectivity index (χ4v) is 3.15. The van der Waals surface area contributed by atoms with Crippen molar-refractivity contribution in [3.8, 4) is 0 Å². The molecule has 138 valence electrons. The number of hydrogen-bond donors (Lipinski definition) is 1. The van der Waals surface area contributed by atoms with Gasteiger partial charge in [0.2, 0.25) is 0 Å². The van der Waals surface area contributed by atoms with E-state index in [2.05, 4.69) is 20.4 Å². The third-order valence-electron chi connectivity index (χ3n) is 4.60. The fourth-order valence-electron chi connectivity index (χ4n) is 3.15. The average molecular weight is 349 g/mol. The smallest absolute Gasteiger partial charge is 0.274 e. The number of nitrogens with zero attached hydrogens (tertiary/aromatic N) is 4. The third kappa shape index (κ3) is 4.65. The highest BCUT2D eigenvalue weighted by molar-refractivity contribution is 5.92. The molecule has 0 bridgehead atoms. The first-order valence-corrected chi connectivity index (χ1v) is 8.87. The summed E-state index contributed by atoms with van der Waals surface area (Å²) in [4.78, 5) is 16.5. The number of carbonyl (C=O) groups excluding carboxylic acids is 1. The number of carbonyl (C=O) groups is 1. The van der Waals surface area contributed by atoms with E-state index in [1.165, 1.54) is 0 Å². The minimum atomic E-state index is -0.469. The van der Waals surface area contributed by atoms with Crippen LogP contribution in [0.4, 0.5) is 5.82 Å². The van der Waals surface area contributed by atoms with Crippen molar-refractivity contribution >= 4 is 11.7 Å². The highest BCUT2D eigenvalue weighted by Crippen LogP contribution is 2.31. The zero-order valence-electron chi connectivity index (χ0n) is 15.0. The second-order valence-electron chi connectivity index (χ2n) is 6.79. The normalized spacial score (nSPS) is 19.6. The zero-order chi connectivity index (χ0) is 17.7. The molecule has 1 aromatic heterocycles. The first-order chi connectivity index (χ1) is 12.1. The van der Waals surface area contributed by atoms with Crippen molar-refractivity contribution in [2.45, 2.75) is 25.0 Å². The van der Waals surface area contributed by atoms with E-state index < -0.39 is 5.79 Å². The Kier molecular flexibility index (Phi) is 5.82. The number of anilines is 1. The van der Waals surface area contributed by atoms with Crippen molar-refractivity contribution in [3.63, 3.8) is 0 Å². The molecule has 2 aliphatic heterocycles. The summed E-state index contributed by atoms with van der Waals surface area (Å²) in [6.45, 7) is 4.36. The molecule has 8 heteroatoms. The molecule has 8 nitrogen and oxygen atoms in total. The van der Waals surface area contributed by atoms with E-state index in [0.717, 1.165) is 19.5 Å². The lowest BCUT2D eigenvalue weighted by Crippen LogP contribution is -2.47. The van der Waals surface area contributed by atoms with Crippen molar-refractivity contribution in [2.75, 3.05) is 58.8 Å². The van der Waals surface area contributed by atoms with Gasteiger partial charge in [-0.1, -0.05) is 0 Å². The predicted octanol–water partition coefficient (Wildman–Crippen LogP) is 0.819. The predicted molar refractivity (Wildman–Crippen MR) is 93.5 cm³/mol. The Bertz CT molecular complexity index is 562. The maximum Gasteiger partial charge on any atom is 0.274 e. The van der Waals surface area contributed by atoms with E-state index in [1.54, 1.807) is 11.0 Å². The summed E-state index contributed by atoms with van der Waals surface area (Å²) in [5.74, 6) is 0.142. The molecule has 1 N–H and O–H groups in total. The number of nitrogens with one attached hydrogen (secondary N) is 1. The lowest BCUT2D eigenvalue weighted by Gasteiger charge is -2.37. The molecule has 1 amide bonds. The number of amides is 1. The highest BCUT2D eigenvalue weighted by Gasteiger charge is 2.41. The van der Waals surface area contributed by atoms with Gasteiger partial charge in [-0.05, 0) is 39.2 Å². The number of aromatic nitrogens is 2. The van der Waals surface area contributed by atoms with E-state index in [0.29, 0.717) is 50.7 Å². The van der Waals surface area contributed by atoms with Gasteiger partial charge in [0, 0.05) is 32.5 Å². The minimum absolute atomic E-state index is 0.0838. The zero-order valence-corrected chi connectivity index (χ0v) is 15.0. The van der Waals surface area contributed by atoms with E-state index in [9.17, 15) is 4.79 Å². The van der Waals surface area contributed by atoms with Crippen LogP contribution in [0.1, 0.15) is 29.8 Å². The molecule has 1 aromatic rings. The summed E-state index contributed by atoms with van der Waals surface area (Å²) < 4.78 is 11.4. The van der Waals surface area contributed by atoms with Gasteiger partial charge in [0.25, 0.3) is 5.91 Å². The van der Waals surface area contributed by atoms with Crippen molar-refractivity contribution in [1.29, 1.82) is 0 Å². The lowest BCUT2D eigenvalue weighted by atomic mass is 10.0. The number of likely N-dealkylation sites (tertiary alicyclic amines) is 1. The van der Waals surface area contributed by atoms with E-state index in [1.807, 2.05) is 20.2 Å². The van der Waals surface area contributed by atoms with Crippen LogP contribution < -0.4 is 5.32 Å². The van der Waals surface area contributed by atoms with Gasteiger partial charge in [0.15, 0.2) is 11.5 Å². The van der Waals surface area contributed by atoms with Crippen LogP contribution >= 0.6 is 0 Å². The Morgan fingerprint density at radius 2 is 1.96 bits per heavy atom. The van der Waals surface area contributed by atoms with Crippen molar-refractivity contribution < 1.29 is 14.3 Å². The summed E-state index contributed by atoms with van der Waals surface area (Å²) in [5.41, 5.74) is 0.378. The summed E-state index contributed by atoms with van der Waals surface area (Å²) in [5, 5.41) is 11.4. The molecule has 3 heterocycles. The summed E-state index contributed by atoms with van der Waals surface area (Å²) in [6.07, 6.45) is 2.43.